The summed E-state index contributed by atoms with van der Waals surface area (Å²) in [5.41, 5.74) is 5.22. The fraction of sp³-hybridized carbons (Fsp3) is 0.500. The Labute approximate surface area is 117 Å². The molecule has 1 aromatic carbocycles. The third-order valence-electron chi connectivity index (χ3n) is 3.54. The zero-order valence-electron chi connectivity index (χ0n) is 11.6. The highest BCUT2D eigenvalue weighted by Crippen LogP contribution is 2.30. The topological polar surface area (TPSA) is 75.8 Å². The second kappa shape index (κ2) is 5.28. The van der Waals surface area contributed by atoms with E-state index < -0.39 is 17.4 Å². The zero-order valence-corrected chi connectivity index (χ0v) is 11.6. The maximum atomic E-state index is 14.1. The van der Waals surface area contributed by atoms with Crippen LogP contribution in [0, 0.1) is 5.82 Å². The lowest BCUT2D eigenvalue weighted by Gasteiger charge is -2.38. The van der Waals surface area contributed by atoms with Crippen molar-refractivity contribution in [3.63, 3.8) is 0 Å². The number of β-amino-alcohol motifs (C(OH)–C–C–N with tert-alkyl or cyclic N) is 1. The number of halogens is 1. The summed E-state index contributed by atoms with van der Waals surface area (Å²) in [4.78, 5) is 13.3. The number of carbonyl (C=O) groups is 1. The summed E-state index contributed by atoms with van der Waals surface area (Å²) in [6, 6.07) is 2.50. The molecule has 1 fully saturated rings. The number of carbonyl (C=O) groups excluding carboxylic acids is 1. The van der Waals surface area contributed by atoms with E-state index in [0.717, 1.165) is 12.5 Å². The van der Waals surface area contributed by atoms with Gasteiger partial charge in [-0.3, -0.25) is 0 Å². The van der Waals surface area contributed by atoms with Gasteiger partial charge in [0.2, 0.25) is 0 Å². The van der Waals surface area contributed by atoms with E-state index in [1.807, 2.05) is 0 Å². The first-order valence-corrected chi connectivity index (χ1v) is 6.49. The van der Waals surface area contributed by atoms with E-state index in [4.69, 9.17) is 5.73 Å². The first-order valence-electron chi connectivity index (χ1n) is 6.49. The standard InChI is InChI=1S/C14H19FN2O3/c1-14(19)4-3-5-17(8-14)12-6-9(13(18)20-2)11(16)7-10(12)15/h6-7,19H,3-5,8,16H2,1-2H3. The van der Waals surface area contributed by atoms with Crippen LogP contribution < -0.4 is 10.6 Å². The van der Waals surface area contributed by atoms with Crippen molar-refractivity contribution in [2.45, 2.75) is 25.4 Å². The Bertz CT molecular complexity index is 531. The first kappa shape index (κ1) is 14.6. The van der Waals surface area contributed by atoms with Gasteiger partial charge in [-0.1, -0.05) is 0 Å². The average Bonchev–Trinajstić information content (AvgIpc) is 2.36. The Hall–Kier alpha value is -1.82. The molecule has 1 aromatic rings. The summed E-state index contributed by atoms with van der Waals surface area (Å²) in [5, 5.41) is 10.1. The van der Waals surface area contributed by atoms with Crippen LogP contribution in [0.15, 0.2) is 12.1 Å². The van der Waals surface area contributed by atoms with Gasteiger partial charge in [-0.2, -0.15) is 0 Å². The minimum atomic E-state index is -0.864. The molecule has 0 amide bonds. The molecule has 0 spiro atoms. The van der Waals surface area contributed by atoms with Gasteiger partial charge in [0.25, 0.3) is 0 Å². The maximum Gasteiger partial charge on any atom is 0.340 e. The summed E-state index contributed by atoms with van der Waals surface area (Å²) in [6.07, 6.45) is 1.42. The van der Waals surface area contributed by atoms with Gasteiger partial charge in [0.15, 0.2) is 0 Å². The second-order valence-corrected chi connectivity index (χ2v) is 5.40. The third-order valence-corrected chi connectivity index (χ3v) is 3.54. The van der Waals surface area contributed by atoms with Crippen LogP contribution in [-0.2, 0) is 4.74 Å². The van der Waals surface area contributed by atoms with E-state index in [-0.39, 0.29) is 16.9 Å². The minimum absolute atomic E-state index is 0.0434. The third kappa shape index (κ3) is 2.85. The smallest absolute Gasteiger partial charge is 0.340 e. The fourth-order valence-corrected chi connectivity index (χ4v) is 2.53. The van der Waals surface area contributed by atoms with E-state index in [1.54, 1.807) is 11.8 Å². The number of rotatable bonds is 2. The summed E-state index contributed by atoms with van der Waals surface area (Å²) in [7, 11) is 1.25. The van der Waals surface area contributed by atoms with Crippen LogP contribution in [0.2, 0.25) is 0 Å². The lowest BCUT2D eigenvalue weighted by molar-refractivity contribution is 0.0447. The van der Waals surface area contributed by atoms with Crippen molar-refractivity contribution in [2.24, 2.45) is 0 Å². The van der Waals surface area contributed by atoms with Gasteiger partial charge in [-0.05, 0) is 31.9 Å². The van der Waals surface area contributed by atoms with Gasteiger partial charge in [0, 0.05) is 18.8 Å². The Morgan fingerprint density at radius 1 is 1.55 bits per heavy atom. The Morgan fingerprint density at radius 3 is 2.85 bits per heavy atom. The molecule has 0 bridgehead atoms. The van der Waals surface area contributed by atoms with Gasteiger partial charge in [0.1, 0.15) is 5.82 Å². The predicted octanol–water partition coefficient (Wildman–Crippen LogP) is 1.55. The lowest BCUT2D eigenvalue weighted by atomic mass is 9.94. The normalized spacial score (nSPS) is 22.7. The molecule has 110 valence electrons. The molecule has 0 aliphatic carbocycles. The second-order valence-electron chi connectivity index (χ2n) is 5.40. The summed E-state index contributed by atoms with van der Waals surface area (Å²) in [5.74, 6) is -1.11. The van der Waals surface area contributed by atoms with Gasteiger partial charge < -0.3 is 20.5 Å². The van der Waals surface area contributed by atoms with E-state index in [1.165, 1.54) is 13.2 Å². The van der Waals surface area contributed by atoms with Gasteiger partial charge in [-0.25, -0.2) is 9.18 Å². The molecule has 2 rings (SSSR count). The quantitative estimate of drug-likeness (QED) is 0.636. The first-order chi connectivity index (χ1) is 9.34. The molecule has 1 unspecified atom stereocenters. The monoisotopic (exact) mass is 282 g/mol. The molecule has 1 aliphatic rings. The Morgan fingerprint density at radius 2 is 2.25 bits per heavy atom. The maximum absolute atomic E-state index is 14.1. The number of nitrogens with zero attached hydrogens (tertiary/aromatic N) is 1. The van der Waals surface area contributed by atoms with Crippen LogP contribution in [0.25, 0.3) is 0 Å². The van der Waals surface area contributed by atoms with Crippen LogP contribution in [0.4, 0.5) is 15.8 Å². The lowest BCUT2D eigenvalue weighted by Crippen LogP contribution is -2.46. The largest absolute Gasteiger partial charge is 0.465 e. The van der Waals surface area contributed by atoms with Crippen molar-refractivity contribution >= 4 is 17.3 Å². The van der Waals surface area contributed by atoms with Crippen molar-refractivity contribution < 1.29 is 19.0 Å². The molecule has 1 saturated heterocycles. The van der Waals surface area contributed by atoms with Crippen LogP contribution >= 0.6 is 0 Å². The highest BCUT2D eigenvalue weighted by atomic mass is 19.1. The zero-order chi connectivity index (χ0) is 14.9. The molecule has 1 heterocycles. The molecule has 3 N–H and O–H groups in total. The number of hydrogen-bond donors (Lipinski definition) is 2. The van der Waals surface area contributed by atoms with Crippen LogP contribution in [0.3, 0.4) is 0 Å². The van der Waals surface area contributed by atoms with E-state index in [0.29, 0.717) is 19.5 Å². The van der Waals surface area contributed by atoms with Gasteiger partial charge in [-0.15, -0.1) is 0 Å². The van der Waals surface area contributed by atoms with Crippen LogP contribution in [-0.4, -0.2) is 36.9 Å². The molecule has 0 radical (unpaired) electrons. The Kier molecular flexibility index (Phi) is 3.85. The SMILES string of the molecule is COC(=O)c1cc(N2CCCC(C)(O)C2)c(F)cc1N. The minimum Gasteiger partial charge on any atom is -0.465 e. The molecule has 6 heteroatoms. The van der Waals surface area contributed by atoms with Crippen molar-refractivity contribution in [1.82, 2.24) is 0 Å². The number of ether oxygens (including phenoxy) is 1. The van der Waals surface area contributed by atoms with Crippen molar-refractivity contribution in [3.05, 3.63) is 23.5 Å². The van der Waals surface area contributed by atoms with Crippen molar-refractivity contribution in [2.75, 3.05) is 30.8 Å². The van der Waals surface area contributed by atoms with E-state index >= 15 is 0 Å². The fourth-order valence-electron chi connectivity index (χ4n) is 2.53. The highest BCUT2D eigenvalue weighted by molar-refractivity contribution is 5.96. The average molecular weight is 282 g/mol. The molecular formula is C14H19FN2O3. The highest BCUT2D eigenvalue weighted by Gasteiger charge is 2.30. The molecule has 5 nitrogen and oxygen atoms in total. The molecule has 20 heavy (non-hydrogen) atoms. The molecule has 0 saturated carbocycles. The summed E-state index contributed by atoms with van der Waals surface area (Å²) in [6.45, 7) is 2.65. The van der Waals surface area contributed by atoms with Crippen LogP contribution in [0.5, 0.6) is 0 Å². The van der Waals surface area contributed by atoms with Gasteiger partial charge in [0.05, 0.1) is 24.0 Å². The number of anilines is 2. The Balaban J connectivity index is 2.38. The van der Waals surface area contributed by atoms with Crippen molar-refractivity contribution in [1.29, 1.82) is 0 Å². The number of esters is 1. The number of methoxy groups -OCH3 is 1. The molecular weight excluding hydrogens is 263 g/mol. The van der Waals surface area contributed by atoms with Crippen LogP contribution in [0.1, 0.15) is 30.1 Å². The number of nitrogen functional groups attached to an aromatic ring is 1. The van der Waals surface area contributed by atoms with E-state index in [9.17, 15) is 14.3 Å². The molecule has 1 aliphatic heterocycles. The summed E-state index contributed by atoms with van der Waals surface area (Å²) >= 11 is 0. The summed E-state index contributed by atoms with van der Waals surface area (Å²) < 4.78 is 18.7. The predicted molar refractivity (Wildman–Crippen MR) is 74.2 cm³/mol. The van der Waals surface area contributed by atoms with Gasteiger partial charge >= 0.3 is 5.97 Å². The number of hydrogen-bond acceptors (Lipinski definition) is 5. The molecule has 0 aromatic heterocycles. The van der Waals surface area contributed by atoms with Crippen molar-refractivity contribution in [3.8, 4) is 0 Å². The molecule has 1 atom stereocenters. The number of piperidine rings is 1. The number of nitrogens with two attached hydrogens (primary N) is 1. The van der Waals surface area contributed by atoms with E-state index in [2.05, 4.69) is 4.74 Å². The number of benzene rings is 1. The number of aliphatic hydroxyl groups is 1.